The average molecular weight is 458 g/mol. The number of non-ortho nitro benzene ring substituents is 1. The molecule has 2 aliphatic rings. The quantitative estimate of drug-likeness (QED) is 0.494. The van der Waals surface area contributed by atoms with E-state index in [4.69, 9.17) is 4.74 Å². The van der Waals surface area contributed by atoms with Gasteiger partial charge in [-0.05, 0) is 52.0 Å². The smallest absolute Gasteiger partial charge is 0.408 e. The number of nitrogens with zero attached hydrogens (tertiary/aromatic N) is 3. The second-order valence-electron chi connectivity index (χ2n) is 9.68. The minimum atomic E-state index is -0.662. The first-order chi connectivity index (χ1) is 15.6. The minimum absolute atomic E-state index is 0.0647. The van der Waals surface area contributed by atoms with Gasteiger partial charge in [-0.1, -0.05) is 12.8 Å². The second-order valence-corrected chi connectivity index (χ2v) is 9.68. The lowest BCUT2D eigenvalue weighted by Gasteiger charge is -2.27. The third kappa shape index (κ3) is 6.34. The molecule has 0 bridgehead atoms. The maximum atomic E-state index is 13.1. The van der Waals surface area contributed by atoms with Crippen LogP contribution in [0.2, 0.25) is 0 Å². The normalized spacial score (nSPS) is 19.6. The molecule has 10 nitrogen and oxygen atoms in total. The number of anilines is 1. The number of carbonyl (C=O) groups excluding carboxylic acids is 2. The van der Waals surface area contributed by atoms with Gasteiger partial charge in [0.15, 0.2) is 0 Å². The van der Waals surface area contributed by atoms with Crippen molar-refractivity contribution in [3.63, 3.8) is 0 Å². The molecule has 1 aromatic rings. The van der Waals surface area contributed by atoms with Gasteiger partial charge in [0.25, 0.3) is 5.69 Å². The summed E-state index contributed by atoms with van der Waals surface area (Å²) in [5.74, 6) is -0.168. The van der Waals surface area contributed by atoms with Crippen molar-refractivity contribution in [2.24, 2.45) is 5.92 Å². The molecule has 1 aliphatic heterocycles. The number of carbonyl (C=O) groups is 2. The van der Waals surface area contributed by atoms with Crippen LogP contribution in [0.15, 0.2) is 18.2 Å². The number of nitrogens with one attached hydrogen (secondary N) is 2. The molecule has 2 fully saturated rings. The lowest BCUT2D eigenvalue weighted by Crippen LogP contribution is -2.53. The zero-order chi connectivity index (χ0) is 24.2. The van der Waals surface area contributed by atoms with Crippen molar-refractivity contribution in [3.8, 4) is 6.07 Å². The number of benzene rings is 1. The first kappa shape index (κ1) is 24.3. The Bertz CT molecular complexity index is 946. The predicted molar refractivity (Wildman–Crippen MR) is 122 cm³/mol. The van der Waals surface area contributed by atoms with Crippen LogP contribution in [0, 0.1) is 27.4 Å². The largest absolute Gasteiger partial charge is 0.444 e. The third-order valence-corrected chi connectivity index (χ3v) is 6.01. The molecule has 10 heteroatoms. The van der Waals surface area contributed by atoms with E-state index in [9.17, 15) is 25.0 Å². The van der Waals surface area contributed by atoms with Crippen molar-refractivity contribution in [2.75, 3.05) is 18.0 Å². The highest BCUT2D eigenvalue weighted by Gasteiger charge is 2.35. The van der Waals surface area contributed by atoms with E-state index in [0.717, 1.165) is 25.7 Å². The number of hydrogen-bond donors (Lipinski definition) is 2. The molecule has 1 aliphatic carbocycles. The Morgan fingerprint density at radius 3 is 2.58 bits per heavy atom. The molecular formula is C23H31N5O5. The molecule has 0 radical (unpaired) electrons. The van der Waals surface area contributed by atoms with Crippen LogP contribution in [0.25, 0.3) is 0 Å². The summed E-state index contributed by atoms with van der Waals surface area (Å²) in [5.41, 5.74) is 0.0494. The van der Waals surface area contributed by atoms with Crippen LogP contribution in [0.1, 0.15) is 58.4 Å². The molecule has 0 unspecified atom stereocenters. The van der Waals surface area contributed by atoms with E-state index in [-0.39, 0.29) is 29.1 Å². The fourth-order valence-corrected chi connectivity index (χ4v) is 4.51. The molecule has 2 atom stereocenters. The molecule has 2 amide bonds. The number of nitro benzene ring substituents is 1. The standard InChI is InChI=1S/C23H31N5O5/c1-23(2,3)33-22(30)26-20(15-6-4-5-7-15)21(29)25-17-10-11-27(14-17)19-9-8-18(28(31)32)12-16(19)13-24/h8-9,12,15,17,20H,4-7,10-11,14H2,1-3H3,(H,25,29)(H,26,30)/t17-,20-/m0/s1. The van der Waals surface area contributed by atoms with Gasteiger partial charge in [0.05, 0.1) is 16.2 Å². The molecule has 1 saturated carbocycles. The van der Waals surface area contributed by atoms with Gasteiger partial charge in [-0.3, -0.25) is 14.9 Å². The number of hydrogen-bond acceptors (Lipinski definition) is 7. The molecule has 1 aromatic carbocycles. The summed E-state index contributed by atoms with van der Waals surface area (Å²) in [7, 11) is 0. The van der Waals surface area contributed by atoms with Crippen LogP contribution in [0.5, 0.6) is 0 Å². The molecule has 178 valence electrons. The number of nitro groups is 1. The van der Waals surface area contributed by atoms with Crippen molar-refractivity contribution >= 4 is 23.4 Å². The number of ether oxygens (including phenoxy) is 1. The number of amides is 2. The van der Waals surface area contributed by atoms with Crippen molar-refractivity contribution in [1.82, 2.24) is 10.6 Å². The van der Waals surface area contributed by atoms with Gasteiger partial charge in [-0.15, -0.1) is 0 Å². The Labute approximate surface area is 193 Å². The minimum Gasteiger partial charge on any atom is -0.444 e. The lowest BCUT2D eigenvalue weighted by molar-refractivity contribution is -0.384. The zero-order valence-corrected chi connectivity index (χ0v) is 19.3. The zero-order valence-electron chi connectivity index (χ0n) is 19.3. The van der Waals surface area contributed by atoms with E-state index < -0.39 is 22.7 Å². The molecule has 2 N–H and O–H groups in total. The summed E-state index contributed by atoms with van der Waals surface area (Å²) in [6.45, 7) is 6.40. The lowest BCUT2D eigenvalue weighted by atomic mass is 9.97. The molecule has 1 saturated heterocycles. The Morgan fingerprint density at radius 1 is 1.27 bits per heavy atom. The van der Waals surface area contributed by atoms with Gasteiger partial charge in [-0.2, -0.15) is 5.26 Å². The molecule has 0 spiro atoms. The topological polar surface area (TPSA) is 138 Å². The Morgan fingerprint density at radius 2 is 1.97 bits per heavy atom. The van der Waals surface area contributed by atoms with Crippen LogP contribution in [-0.4, -0.2) is 47.7 Å². The molecule has 1 heterocycles. The van der Waals surface area contributed by atoms with Crippen LogP contribution in [-0.2, 0) is 9.53 Å². The van der Waals surface area contributed by atoms with Gasteiger partial charge in [0, 0.05) is 31.3 Å². The fourth-order valence-electron chi connectivity index (χ4n) is 4.51. The van der Waals surface area contributed by atoms with E-state index in [1.165, 1.54) is 12.1 Å². The van der Waals surface area contributed by atoms with Crippen molar-refractivity contribution < 1.29 is 19.2 Å². The van der Waals surface area contributed by atoms with Gasteiger partial charge in [0.1, 0.15) is 17.7 Å². The first-order valence-corrected chi connectivity index (χ1v) is 11.3. The van der Waals surface area contributed by atoms with Gasteiger partial charge >= 0.3 is 6.09 Å². The predicted octanol–water partition coefficient (Wildman–Crippen LogP) is 3.24. The maximum absolute atomic E-state index is 13.1. The summed E-state index contributed by atoms with van der Waals surface area (Å²) in [6, 6.07) is 5.42. The van der Waals surface area contributed by atoms with Gasteiger partial charge in [0.2, 0.25) is 5.91 Å². The Kier molecular flexibility index (Phi) is 7.41. The van der Waals surface area contributed by atoms with E-state index in [1.54, 1.807) is 26.8 Å². The number of rotatable bonds is 6. The Hall–Kier alpha value is -3.35. The van der Waals surface area contributed by atoms with Crippen LogP contribution >= 0.6 is 0 Å². The fraction of sp³-hybridized carbons (Fsp3) is 0.609. The van der Waals surface area contributed by atoms with Crippen molar-refractivity contribution in [1.29, 1.82) is 5.26 Å². The highest BCUT2D eigenvalue weighted by atomic mass is 16.6. The average Bonchev–Trinajstić information content (AvgIpc) is 3.42. The van der Waals surface area contributed by atoms with Crippen LogP contribution in [0.4, 0.5) is 16.2 Å². The third-order valence-electron chi connectivity index (χ3n) is 6.01. The highest BCUT2D eigenvalue weighted by Crippen LogP contribution is 2.30. The molecule has 0 aromatic heterocycles. The van der Waals surface area contributed by atoms with E-state index in [1.807, 2.05) is 11.0 Å². The van der Waals surface area contributed by atoms with E-state index in [2.05, 4.69) is 10.6 Å². The first-order valence-electron chi connectivity index (χ1n) is 11.3. The highest BCUT2D eigenvalue weighted by molar-refractivity contribution is 5.86. The summed E-state index contributed by atoms with van der Waals surface area (Å²) in [4.78, 5) is 37.9. The SMILES string of the molecule is CC(C)(C)OC(=O)N[C@H](C(=O)N[C@H]1CCN(c2ccc([N+](=O)[O-])cc2C#N)C1)C1CCCC1. The van der Waals surface area contributed by atoms with E-state index in [0.29, 0.717) is 25.2 Å². The second kappa shape index (κ2) is 10.1. The number of alkyl carbamates (subject to hydrolysis) is 1. The van der Waals surface area contributed by atoms with Crippen LogP contribution in [0.3, 0.4) is 0 Å². The maximum Gasteiger partial charge on any atom is 0.408 e. The van der Waals surface area contributed by atoms with Gasteiger partial charge in [-0.25, -0.2) is 4.79 Å². The number of nitriles is 1. The molecule has 3 rings (SSSR count). The Balaban J connectivity index is 1.66. The van der Waals surface area contributed by atoms with Crippen LogP contribution < -0.4 is 15.5 Å². The molecule has 33 heavy (non-hydrogen) atoms. The van der Waals surface area contributed by atoms with E-state index >= 15 is 0 Å². The monoisotopic (exact) mass is 457 g/mol. The van der Waals surface area contributed by atoms with Crippen molar-refractivity contribution in [2.45, 2.75) is 70.6 Å². The summed E-state index contributed by atoms with van der Waals surface area (Å²) >= 11 is 0. The summed E-state index contributed by atoms with van der Waals surface area (Å²) in [6.07, 6.45) is 3.86. The summed E-state index contributed by atoms with van der Waals surface area (Å²) < 4.78 is 5.36. The van der Waals surface area contributed by atoms with Gasteiger partial charge < -0.3 is 20.3 Å². The van der Waals surface area contributed by atoms with Crippen molar-refractivity contribution in [3.05, 3.63) is 33.9 Å². The molecular weight excluding hydrogens is 426 g/mol. The summed E-state index contributed by atoms with van der Waals surface area (Å²) in [5, 5.41) is 26.3.